The van der Waals surface area contributed by atoms with Crippen molar-refractivity contribution >= 4 is 17.4 Å². The molecule has 2 aliphatic heterocycles. The van der Waals surface area contributed by atoms with Crippen LogP contribution >= 0.6 is 0 Å². The molecule has 2 aliphatic rings. The number of nitrogen functional groups attached to an aromatic ring is 1. The molecule has 0 saturated carbocycles. The fraction of sp³-hybridized carbons (Fsp3) is 0.500. The van der Waals surface area contributed by atoms with Gasteiger partial charge in [0.05, 0.1) is 0 Å². The van der Waals surface area contributed by atoms with E-state index < -0.39 is 0 Å². The first kappa shape index (κ1) is 11.4. The van der Waals surface area contributed by atoms with Gasteiger partial charge in [-0.2, -0.15) is 0 Å². The molecule has 0 aliphatic carbocycles. The highest BCUT2D eigenvalue weighted by atomic mass is 16.2. The Bertz CT molecular complexity index is 466. The minimum atomic E-state index is 0.165. The first-order valence-electron chi connectivity index (χ1n) is 6.70. The van der Waals surface area contributed by atoms with Crippen molar-refractivity contribution < 1.29 is 4.79 Å². The molecule has 0 atom stereocenters. The van der Waals surface area contributed by atoms with Gasteiger partial charge in [0.2, 0.25) is 0 Å². The van der Waals surface area contributed by atoms with E-state index in [1.807, 2.05) is 28.0 Å². The molecule has 3 rings (SSSR count). The topological polar surface area (TPSA) is 49.6 Å². The van der Waals surface area contributed by atoms with Crippen molar-refractivity contribution in [3.63, 3.8) is 0 Å². The van der Waals surface area contributed by atoms with Crippen LogP contribution in [-0.2, 0) is 6.42 Å². The quantitative estimate of drug-likeness (QED) is 0.713. The van der Waals surface area contributed by atoms with Gasteiger partial charge in [-0.3, -0.25) is 4.90 Å². The van der Waals surface area contributed by atoms with Gasteiger partial charge in [-0.25, -0.2) is 4.79 Å². The maximum atomic E-state index is 12.5. The summed E-state index contributed by atoms with van der Waals surface area (Å²) in [6.07, 6.45) is 4.43. The molecule has 2 heterocycles. The lowest BCUT2D eigenvalue weighted by molar-refractivity contribution is 0.193. The first-order valence-corrected chi connectivity index (χ1v) is 6.70. The molecule has 0 aromatic heterocycles. The predicted octanol–water partition coefficient (Wildman–Crippen LogP) is 2.24. The summed E-state index contributed by atoms with van der Waals surface area (Å²) in [5.74, 6) is 0. The zero-order valence-corrected chi connectivity index (χ0v) is 10.6. The third-order valence-corrected chi connectivity index (χ3v) is 3.86. The second-order valence-electron chi connectivity index (χ2n) is 5.12. The number of rotatable bonds is 0. The Morgan fingerprint density at radius 2 is 1.89 bits per heavy atom. The molecule has 2 N–H and O–H groups in total. The second-order valence-corrected chi connectivity index (χ2v) is 5.12. The van der Waals surface area contributed by atoms with E-state index in [0.717, 1.165) is 50.3 Å². The highest BCUT2D eigenvalue weighted by Gasteiger charge is 2.28. The minimum Gasteiger partial charge on any atom is -0.399 e. The third-order valence-electron chi connectivity index (χ3n) is 3.86. The number of anilines is 2. The highest BCUT2D eigenvalue weighted by Crippen LogP contribution is 2.30. The Balaban J connectivity index is 1.80. The molecular weight excluding hydrogens is 226 g/mol. The van der Waals surface area contributed by atoms with E-state index in [2.05, 4.69) is 0 Å². The number of urea groups is 1. The highest BCUT2D eigenvalue weighted by molar-refractivity contribution is 5.94. The fourth-order valence-corrected chi connectivity index (χ4v) is 2.88. The Morgan fingerprint density at radius 1 is 1.11 bits per heavy atom. The average Bonchev–Trinajstić information content (AvgIpc) is 2.81. The number of hydrogen-bond donors (Lipinski definition) is 1. The lowest BCUT2D eigenvalue weighted by Gasteiger charge is -2.31. The first-order chi connectivity index (χ1) is 8.75. The van der Waals surface area contributed by atoms with Crippen LogP contribution in [0.15, 0.2) is 18.2 Å². The van der Waals surface area contributed by atoms with Crippen molar-refractivity contribution in [2.75, 3.05) is 30.3 Å². The Morgan fingerprint density at radius 3 is 2.67 bits per heavy atom. The van der Waals surface area contributed by atoms with E-state index in [0.29, 0.717) is 0 Å². The van der Waals surface area contributed by atoms with Gasteiger partial charge in [0.1, 0.15) is 0 Å². The SMILES string of the molecule is Nc1ccc2c(c1)CCN2C(=O)N1CCCCC1. The number of amides is 2. The van der Waals surface area contributed by atoms with Crippen molar-refractivity contribution in [2.24, 2.45) is 0 Å². The average molecular weight is 245 g/mol. The van der Waals surface area contributed by atoms with Gasteiger partial charge in [0.25, 0.3) is 0 Å². The summed E-state index contributed by atoms with van der Waals surface area (Å²) in [5.41, 5.74) is 8.80. The number of hydrogen-bond acceptors (Lipinski definition) is 2. The maximum absolute atomic E-state index is 12.5. The number of carbonyl (C=O) groups is 1. The zero-order valence-electron chi connectivity index (χ0n) is 10.6. The summed E-state index contributed by atoms with van der Waals surface area (Å²) in [5, 5.41) is 0. The fourth-order valence-electron chi connectivity index (χ4n) is 2.88. The van der Waals surface area contributed by atoms with E-state index >= 15 is 0 Å². The summed E-state index contributed by atoms with van der Waals surface area (Å²) < 4.78 is 0. The molecule has 1 aromatic carbocycles. The summed E-state index contributed by atoms with van der Waals surface area (Å²) in [6.45, 7) is 2.59. The van der Waals surface area contributed by atoms with Gasteiger partial charge in [-0.15, -0.1) is 0 Å². The van der Waals surface area contributed by atoms with Crippen molar-refractivity contribution in [1.29, 1.82) is 0 Å². The molecule has 0 radical (unpaired) electrons. The molecule has 1 fully saturated rings. The Kier molecular flexibility index (Phi) is 2.86. The van der Waals surface area contributed by atoms with Crippen molar-refractivity contribution in [2.45, 2.75) is 25.7 Å². The number of nitrogens with zero attached hydrogens (tertiary/aromatic N) is 2. The smallest absolute Gasteiger partial charge is 0.324 e. The number of carbonyl (C=O) groups excluding carboxylic acids is 1. The van der Waals surface area contributed by atoms with Gasteiger partial charge < -0.3 is 10.6 Å². The van der Waals surface area contributed by atoms with Crippen LogP contribution in [0.4, 0.5) is 16.2 Å². The standard InChI is InChI=1S/C14H19N3O/c15-12-4-5-13-11(10-12)6-9-17(13)14(18)16-7-2-1-3-8-16/h4-5,10H,1-3,6-9,15H2. The van der Waals surface area contributed by atoms with Crippen LogP contribution in [0.1, 0.15) is 24.8 Å². The number of nitrogens with two attached hydrogens (primary N) is 1. The molecule has 0 bridgehead atoms. The molecule has 4 heteroatoms. The van der Waals surface area contributed by atoms with Crippen molar-refractivity contribution in [3.8, 4) is 0 Å². The number of likely N-dealkylation sites (tertiary alicyclic amines) is 1. The summed E-state index contributed by atoms with van der Waals surface area (Å²) in [6, 6.07) is 6.00. The summed E-state index contributed by atoms with van der Waals surface area (Å²) in [4.78, 5) is 16.4. The monoisotopic (exact) mass is 245 g/mol. The van der Waals surface area contributed by atoms with Crippen LogP contribution in [0.2, 0.25) is 0 Å². The van der Waals surface area contributed by atoms with Crippen molar-refractivity contribution in [1.82, 2.24) is 4.90 Å². The molecular formula is C14H19N3O. The van der Waals surface area contributed by atoms with E-state index in [1.165, 1.54) is 12.0 Å². The van der Waals surface area contributed by atoms with Crippen LogP contribution in [0.3, 0.4) is 0 Å². The van der Waals surface area contributed by atoms with E-state index in [9.17, 15) is 4.79 Å². The van der Waals surface area contributed by atoms with Gasteiger partial charge in [-0.05, 0) is 49.4 Å². The molecule has 4 nitrogen and oxygen atoms in total. The van der Waals surface area contributed by atoms with E-state index in [4.69, 9.17) is 5.73 Å². The zero-order chi connectivity index (χ0) is 12.5. The van der Waals surface area contributed by atoms with Crippen molar-refractivity contribution in [3.05, 3.63) is 23.8 Å². The van der Waals surface area contributed by atoms with Crippen LogP contribution in [0.5, 0.6) is 0 Å². The lowest BCUT2D eigenvalue weighted by atomic mass is 10.1. The Labute approximate surface area is 107 Å². The minimum absolute atomic E-state index is 0.165. The van der Waals surface area contributed by atoms with Gasteiger partial charge in [-0.1, -0.05) is 0 Å². The van der Waals surface area contributed by atoms with Crippen LogP contribution in [-0.4, -0.2) is 30.6 Å². The van der Waals surface area contributed by atoms with Gasteiger partial charge >= 0.3 is 6.03 Å². The number of fused-ring (bicyclic) bond motifs is 1. The predicted molar refractivity (Wildman–Crippen MR) is 72.7 cm³/mol. The second kappa shape index (κ2) is 4.52. The van der Waals surface area contributed by atoms with Gasteiger partial charge in [0, 0.05) is 31.0 Å². The van der Waals surface area contributed by atoms with E-state index in [-0.39, 0.29) is 6.03 Å². The van der Waals surface area contributed by atoms with Crippen LogP contribution in [0, 0.1) is 0 Å². The molecule has 0 spiro atoms. The van der Waals surface area contributed by atoms with E-state index in [1.54, 1.807) is 0 Å². The normalized spacial score (nSPS) is 18.9. The van der Waals surface area contributed by atoms with Crippen LogP contribution < -0.4 is 10.6 Å². The lowest BCUT2D eigenvalue weighted by Crippen LogP contribution is -2.44. The van der Waals surface area contributed by atoms with Crippen LogP contribution in [0.25, 0.3) is 0 Å². The molecule has 1 aromatic rings. The molecule has 18 heavy (non-hydrogen) atoms. The Hall–Kier alpha value is -1.71. The molecule has 0 unspecified atom stereocenters. The molecule has 96 valence electrons. The number of piperidine rings is 1. The number of benzene rings is 1. The third kappa shape index (κ3) is 1.92. The summed E-state index contributed by atoms with van der Waals surface area (Å²) in [7, 11) is 0. The maximum Gasteiger partial charge on any atom is 0.324 e. The molecule has 2 amide bonds. The largest absolute Gasteiger partial charge is 0.399 e. The van der Waals surface area contributed by atoms with Gasteiger partial charge in [0.15, 0.2) is 0 Å². The summed E-state index contributed by atoms with van der Waals surface area (Å²) >= 11 is 0. The molecule has 1 saturated heterocycles.